The summed E-state index contributed by atoms with van der Waals surface area (Å²) < 4.78 is 20.0. The minimum Gasteiger partial charge on any atom is -0.488 e. The molecule has 1 heterocycles. The van der Waals surface area contributed by atoms with Gasteiger partial charge in [-0.05, 0) is 57.4 Å². The molecule has 1 saturated heterocycles. The molecule has 0 spiro atoms. The zero-order valence-electron chi connectivity index (χ0n) is 13.2. The van der Waals surface area contributed by atoms with E-state index in [-0.39, 0.29) is 11.7 Å². The van der Waals surface area contributed by atoms with E-state index < -0.39 is 0 Å². The molecule has 0 saturated carbocycles. The minimum absolute atomic E-state index is 0.0947. The lowest BCUT2D eigenvalue weighted by Crippen LogP contribution is -2.22. The lowest BCUT2D eigenvalue weighted by Gasteiger charge is -2.09. The van der Waals surface area contributed by atoms with Crippen LogP contribution in [0.4, 0.5) is 4.39 Å². The van der Waals surface area contributed by atoms with Crippen LogP contribution in [0.1, 0.15) is 11.1 Å². The Morgan fingerprint density at radius 3 is 2.60 bits per heavy atom. The van der Waals surface area contributed by atoms with Gasteiger partial charge in [0.05, 0.1) is 9.38 Å². The lowest BCUT2D eigenvalue weighted by atomic mass is 10.2. The predicted molar refractivity (Wildman–Crippen MR) is 106 cm³/mol. The van der Waals surface area contributed by atoms with Crippen molar-refractivity contribution in [2.24, 2.45) is 0 Å². The molecule has 1 aliphatic rings. The summed E-state index contributed by atoms with van der Waals surface area (Å²) >= 11 is 9.89. The number of ether oxygens (including phenoxy) is 1. The second-order valence-corrected chi connectivity index (χ2v) is 7.88. The Morgan fingerprint density at radius 2 is 2.00 bits per heavy atom. The Hall–Kier alpha value is -1.70. The molecule has 2 aromatic carbocycles. The van der Waals surface area contributed by atoms with Crippen LogP contribution in [0.2, 0.25) is 0 Å². The average molecular weight is 438 g/mol. The van der Waals surface area contributed by atoms with Gasteiger partial charge in [0.2, 0.25) is 0 Å². The fourth-order valence-electron chi connectivity index (χ4n) is 2.16. The average Bonchev–Trinajstić information content (AvgIpc) is 2.83. The second-order valence-electron chi connectivity index (χ2n) is 5.35. The second kappa shape index (κ2) is 7.68. The van der Waals surface area contributed by atoms with Crippen molar-refractivity contribution in [2.75, 3.05) is 7.05 Å². The van der Waals surface area contributed by atoms with Gasteiger partial charge in [0.1, 0.15) is 22.5 Å². The first-order valence-corrected chi connectivity index (χ1v) is 9.34. The molecule has 0 unspecified atom stereocenters. The van der Waals surface area contributed by atoms with Crippen molar-refractivity contribution in [1.82, 2.24) is 4.90 Å². The number of carbonyl (C=O) groups is 1. The molecule has 1 fully saturated rings. The van der Waals surface area contributed by atoms with E-state index in [1.165, 1.54) is 28.8 Å². The van der Waals surface area contributed by atoms with E-state index in [1.54, 1.807) is 25.3 Å². The number of thioether (sulfide) groups is 1. The number of hydrogen-bond donors (Lipinski definition) is 0. The highest BCUT2D eigenvalue weighted by Crippen LogP contribution is 2.33. The number of thiocarbonyl (C=S) groups is 1. The summed E-state index contributed by atoms with van der Waals surface area (Å²) in [6.45, 7) is 0.340. The van der Waals surface area contributed by atoms with Crippen LogP contribution in [0.15, 0.2) is 51.8 Å². The van der Waals surface area contributed by atoms with Gasteiger partial charge < -0.3 is 4.74 Å². The van der Waals surface area contributed by atoms with Crippen LogP contribution in [-0.4, -0.2) is 22.2 Å². The maximum atomic E-state index is 12.9. The summed E-state index contributed by atoms with van der Waals surface area (Å²) in [6.07, 6.45) is 1.80. The van der Waals surface area contributed by atoms with E-state index in [0.29, 0.717) is 21.6 Å². The number of nitrogens with zero attached hydrogens (tertiary/aromatic N) is 1. The molecule has 2 aromatic rings. The molecule has 3 nitrogen and oxygen atoms in total. The van der Waals surface area contributed by atoms with E-state index in [2.05, 4.69) is 15.9 Å². The molecule has 0 atom stereocenters. The number of rotatable bonds is 4. The van der Waals surface area contributed by atoms with E-state index >= 15 is 0 Å². The summed E-state index contributed by atoms with van der Waals surface area (Å²) in [6, 6.07) is 11.7. The van der Waals surface area contributed by atoms with Crippen molar-refractivity contribution in [2.45, 2.75) is 6.61 Å². The number of carbonyl (C=O) groups excluding carboxylic acids is 1. The number of benzene rings is 2. The van der Waals surface area contributed by atoms with E-state index in [1.807, 2.05) is 18.2 Å². The normalized spacial score (nSPS) is 16.0. The van der Waals surface area contributed by atoms with Crippen LogP contribution in [0.25, 0.3) is 6.08 Å². The molecular weight excluding hydrogens is 425 g/mol. The van der Waals surface area contributed by atoms with Crippen LogP contribution >= 0.6 is 39.9 Å². The molecule has 3 rings (SSSR count). The van der Waals surface area contributed by atoms with Gasteiger partial charge >= 0.3 is 0 Å². The highest BCUT2D eigenvalue weighted by Gasteiger charge is 2.28. The molecule has 0 aliphatic carbocycles. The maximum Gasteiger partial charge on any atom is 0.265 e. The topological polar surface area (TPSA) is 29.5 Å². The number of hydrogen-bond acceptors (Lipinski definition) is 4. The molecule has 0 N–H and O–H groups in total. The highest BCUT2D eigenvalue weighted by atomic mass is 79.9. The van der Waals surface area contributed by atoms with Crippen molar-refractivity contribution in [3.05, 3.63) is 68.8 Å². The van der Waals surface area contributed by atoms with Crippen LogP contribution in [0.5, 0.6) is 5.75 Å². The standard InChI is InChI=1S/C18H13BrFNO2S2/c1-21-17(22)16(25-18(21)24)9-12-4-7-15(14(19)8-12)23-10-11-2-5-13(20)6-3-11/h2-9H,10H2,1H3/b16-9+. The monoisotopic (exact) mass is 437 g/mol. The number of halogens is 2. The summed E-state index contributed by atoms with van der Waals surface area (Å²) in [7, 11) is 1.67. The third kappa shape index (κ3) is 4.29. The fraction of sp³-hybridized carbons (Fsp3) is 0.111. The maximum absolute atomic E-state index is 12.9. The van der Waals surface area contributed by atoms with Crippen molar-refractivity contribution in [3.8, 4) is 5.75 Å². The smallest absolute Gasteiger partial charge is 0.265 e. The lowest BCUT2D eigenvalue weighted by molar-refractivity contribution is -0.121. The molecular formula is C18H13BrFNO2S2. The zero-order valence-corrected chi connectivity index (χ0v) is 16.4. The van der Waals surface area contributed by atoms with Crippen molar-refractivity contribution < 1.29 is 13.9 Å². The summed E-state index contributed by atoms with van der Waals surface area (Å²) in [5, 5.41) is 0. The van der Waals surface area contributed by atoms with Crippen molar-refractivity contribution in [1.29, 1.82) is 0 Å². The molecule has 128 valence electrons. The summed E-state index contributed by atoms with van der Waals surface area (Å²) in [5.74, 6) is 0.305. The van der Waals surface area contributed by atoms with Gasteiger partial charge in [-0.1, -0.05) is 42.2 Å². The number of amides is 1. The fourth-order valence-corrected chi connectivity index (χ4v) is 3.85. The molecule has 1 amide bonds. The molecule has 0 aromatic heterocycles. The molecule has 0 radical (unpaired) electrons. The van der Waals surface area contributed by atoms with E-state index in [9.17, 15) is 9.18 Å². The highest BCUT2D eigenvalue weighted by molar-refractivity contribution is 9.10. The molecule has 25 heavy (non-hydrogen) atoms. The van der Waals surface area contributed by atoms with Crippen molar-refractivity contribution >= 4 is 56.2 Å². The summed E-state index contributed by atoms with van der Waals surface area (Å²) in [4.78, 5) is 14.1. The Morgan fingerprint density at radius 1 is 1.28 bits per heavy atom. The minimum atomic E-state index is -0.272. The Labute approximate surface area is 163 Å². The Balaban J connectivity index is 1.72. The van der Waals surface area contributed by atoms with Gasteiger partial charge in [-0.3, -0.25) is 9.69 Å². The van der Waals surface area contributed by atoms with E-state index in [4.69, 9.17) is 17.0 Å². The van der Waals surface area contributed by atoms with Crippen LogP contribution in [0.3, 0.4) is 0 Å². The van der Waals surface area contributed by atoms with Crippen LogP contribution in [-0.2, 0) is 11.4 Å². The van der Waals surface area contributed by atoms with E-state index in [0.717, 1.165) is 15.6 Å². The third-order valence-electron chi connectivity index (χ3n) is 3.55. The largest absolute Gasteiger partial charge is 0.488 e. The third-order valence-corrected chi connectivity index (χ3v) is 5.65. The Bertz CT molecular complexity index is 868. The molecule has 7 heteroatoms. The summed E-state index contributed by atoms with van der Waals surface area (Å²) in [5.41, 5.74) is 1.75. The SMILES string of the molecule is CN1C(=O)/C(=C\c2ccc(OCc3ccc(F)cc3)c(Br)c2)SC1=S. The zero-order chi connectivity index (χ0) is 18.0. The number of likely N-dealkylation sites (N-methyl/N-ethyl adjacent to an activating group) is 1. The first kappa shape index (κ1) is 18.1. The quantitative estimate of drug-likeness (QED) is 0.497. The van der Waals surface area contributed by atoms with Gasteiger partial charge in [-0.25, -0.2) is 4.39 Å². The van der Waals surface area contributed by atoms with Crippen LogP contribution in [0, 0.1) is 5.82 Å². The van der Waals surface area contributed by atoms with Gasteiger partial charge in [0.25, 0.3) is 5.91 Å². The van der Waals surface area contributed by atoms with Gasteiger partial charge in [-0.2, -0.15) is 0 Å². The first-order valence-electron chi connectivity index (χ1n) is 7.32. The Kier molecular flexibility index (Phi) is 5.56. The van der Waals surface area contributed by atoms with Gasteiger partial charge in [0.15, 0.2) is 0 Å². The molecule has 0 bridgehead atoms. The van der Waals surface area contributed by atoms with Crippen molar-refractivity contribution in [3.63, 3.8) is 0 Å². The first-order chi connectivity index (χ1) is 11.9. The predicted octanol–water partition coefficient (Wildman–Crippen LogP) is 5.00. The van der Waals surface area contributed by atoms with Gasteiger partial charge in [0, 0.05) is 7.05 Å². The molecule has 1 aliphatic heterocycles. The van der Waals surface area contributed by atoms with Crippen LogP contribution < -0.4 is 4.74 Å². The van der Waals surface area contributed by atoms with Gasteiger partial charge in [-0.15, -0.1) is 0 Å².